The lowest BCUT2D eigenvalue weighted by molar-refractivity contribution is 0.165. The maximum atomic E-state index is 6.48. The maximum absolute atomic E-state index is 6.48. The topological polar surface area (TPSA) is 47.1 Å². The van der Waals surface area contributed by atoms with Crippen LogP contribution in [0.25, 0.3) is 0 Å². The number of hydrogen-bond donors (Lipinski definition) is 1. The van der Waals surface area contributed by atoms with Crippen LogP contribution in [0.5, 0.6) is 0 Å². The Bertz CT molecular complexity index is 410. The Morgan fingerprint density at radius 2 is 2.16 bits per heavy atom. The Kier molecular flexibility index (Phi) is 4.63. The van der Waals surface area contributed by atoms with Gasteiger partial charge >= 0.3 is 0 Å². The summed E-state index contributed by atoms with van der Waals surface area (Å²) in [5.41, 5.74) is 8.92. The van der Waals surface area contributed by atoms with Crippen molar-refractivity contribution in [2.24, 2.45) is 18.7 Å². The molecule has 0 aromatic carbocycles. The van der Waals surface area contributed by atoms with Crippen molar-refractivity contribution in [3.8, 4) is 0 Å². The largest absolute Gasteiger partial charge is 0.326 e. The second-order valence-electron chi connectivity index (χ2n) is 6.34. The van der Waals surface area contributed by atoms with E-state index in [0.717, 1.165) is 25.2 Å². The second kappa shape index (κ2) is 6.06. The van der Waals surface area contributed by atoms with E-state index in [0.29, 0.717) is 12.0 Å². The minimum absolute atomic E-state index is 0.226. The fraction of sp³-hybridized carbons (Fsp3) is 0.800. The van der Waals surface area contributed by atoms with Crippen LogP contribution in [-0.4, -0.2) is 33.8 Å². The summed E-state index contributed by atoms with van der Waals surface area (Å²) in [5, 5.41) is 4.50. The molecule has 19 heavy (non-hydrogen) atoms. The van der Waals surface area contributed by atoms with E-state index in [4.69, 9.17) is 5.73 Å². The van der Waals surface area contributed by atoms with Crippen LogP contribution in [0.4, 0.5) is 0 Å². The minimum atomic E-state index is 0.226. The van der Waals surface area contributed by atoms with Gasteiger partial charge in [-0.15, -0.1) is 0 Å². The molecule has 2 unspecified atom stereocenters. The number of aryl methyl sites for hydroxylation is 2. The van der Waals surface area contributed by atoms with Crippen molar-refractivity contribution in [1.82, 2.24) is 14.7 Å². The molecule has 1 fully saturated rings. The molecule has 0 amide bonds. The molecular formula is C15H28N4. The molecule has 0 aliphatic carbocycles. The number of nitrogens with two attached hydrogens (primary N) is 1. The molecule has 2 rings (SSSR count). The van der Waals surface area contributed by atoms with Gasteiger partial charge in [0.2, 0.25) is 0 Å². The Morgan fingerprint density at radius 1 is 1.42 bits per heavy atom. The Hall–Kier alpha value is -0.870. The van der Waals surface area contributed by atoms with Gasteiger partial charge in [0.15, 0.2) is 0 Å². The lowest BCUT2D eigenvalue weighted by Gasteiger charge is -2.34. The van der Waals surface area contributed by atoms with Crippen molar-refractivity contribution >= 4 is 0 Å². The number of hydrogen-bond acceptors (Lipinski definition) is 3. The zero-order chi connectivity index (χ0) is 14.0. The highest BCUT2D eigenvalue weighted by Gasteiger charge is 2.31. The number of nitrogens with zero attached hydrogens (tertiary/aromatic N) is 3. The summed E-state index contributed by atoms with van der Waals surface area (Å²) < 4.78 is 1.91. The molecule has 2 heterocycles. The fourth-order valence-electron chi connectivity index (χ4n) is 3.27. The highest BCUT2D eigenvalue weighted by molar-refractivity contribution is 5.22. The van der Waals surface area contributed by atoms with E-state index in [1.165, 1.54) is 18.4 Å². The quantitative estimate of drug-likeness (QED) is 0.911. The van der Waals surface area contributed by atoms with Gasteiger partial charge in [0.1, 0.15) is 0 Å². The molecule has 1 aromatic heterocycles. The summed E-state index contributed by atoms with van der Waals surface area (Å²) >= 11 is 0. The number of likely N-dealkylation sites (tertiary alicyclic amines) is 1. The fourth-order valence-corrected chi connectivity index (χ4v) is 3.27. The summed E-state index contributed by atoms with van der Waals surface area (Å²) in [5.74, 6) is 0.671. The van der Waals surface area contributed by atoms with E-state index in [-0.39, 0.29) is 6.04 Å². The van der Waals surface area contributed by atoms with Crippen molar-refractivity contribution in [2.45, 2.75) is 52.1 Å². The molecule has 4 nitrogen and oxygen atoms in total. The smallest absolute Gasteiger partial charge is 0.0642 e. The van der Waals surface area contributed by atoms with Gasteiger partial charge in [-0.05, 0) is 32.2 Å². The van der Waals surface area contributed by atoms with Crippen LogP contribution < -0.4 is 5.73 Å². The molecule has 1 aliphatic rings. The summed E-state index contributed by atoms with van der Waals surface area (Å²) in [6.45, 7) is 8.94. The van der Waals surface area contributed by atoms with Gasteiger partial charge in [-0.1, -0.05) is 20.3 Å². The van der Waals surface area contributed by atoms with Crippen LogP contribution in [0.15, 0.2) is 6.20 Å². The van der Waals surface area contributed by atoms with Gasteiger partial charge in [0.05, 0.1) is 11.7 Å². The average molecular weight is 264 g/mol. The van der Waals surface area contributed by atoms with E-state index in [1.54, 1.807) is 0 Å². The van der Waals surface area contributed by atoms with Crippen molar-refractivity contribution in [1.29, 1.82) is 0 Å². The molecule has 2 atom stereocenters. The third-order valence-corrected chi connectivity index (χ3v) is 4.00. The molecule has 0 bridgehead atoms. The van der Waals surface area contributed by atoms with Gasteiger partial charge < -0.3 is 5.73 Å². The van der Waals surface area contributed by atoms with E-state index in [9.17, 15) is 0 Å². The second-order valence-corrected chi connectivity index (χ2v) is 6.34. The zero-order valence-electron chi connectivity index (χ0n) is 12.8. The first-order valence-corrected chi connectivity index (χ1v) is 7.48. The molecule has 1 aromatic rings. The Balaban J connectivity index is 2.31. The first-order valence-electron chi connectivity index (χ1n) is 7.48. The Labute approximate surface area is 117 Å². The summed E-state index contributed by atoms with van der Waals surface area (Å²) in [6.07, 6.45) is 5.77. The SMILES string of the molecule is Cc1nn(C)cc1C1C(N)CCCCN1CC(C)C. The third-order valence-electron chi connectivity index (χ3n) is 4.00. The maximum Gasteiger partial charge on any atom is 0.0642 e. The lowest BCUT2D eigenvalue weighted by atomic mass is 9.96. The van der Waals surface area contributed by atoms with Gasteiger partial charge in [0.25, 0.3) is 0 Å². The van der Waals surface area contributed by atoms with Crippen LogP contribution in [0.3, 0.4) is 0 Å². The molecule has 108 valence electrons. The first kappa shape index (κ1) is 14.5. The van der Waals surface area contributed by atoms with Crippen LogP contribution in [0.1, 0.15) is 50.4 Å². The lowest BCUT2D eigenvalue weighted by Crippen LogP contribution is -2.41. The normalized spacial score (nSPS) is 25.8. The van der Waals surface area contributed by atoms with Crippen molar-refractivity contribution in [2.75, 3.05) is 13.1 Å². The Morgan fingerprint density at radius 3 is 2.74 bits per heavy atom. The van der Waals surface area contributed by atoms with Gasteiger partial charge in [-0.25, -0.2) is 0 Å². The molecule has 2 N–H and O–H groups in total. The van der Waals surface area contributed by atoms with Crippen molar-refractivity contribution in [3.63, 3.8) is 0 Å². The summed E-state index contributed by atoms with van der Waals surface area (Å²) in [7, 11) is 1.99. The van der Waals surface area contributed by atoms with E-state index in [2.05, 4.69) is 37.0 Å². The van der Waals surface area contributed by atoms with E-state index >= 15 is 0 Å². The molecule has 0 saturated carbocycles. The van der Waals surface area contributed by atoms with Crippen molar-refractivity contribution in [3.05, 3.63) is 17.5 Å². The first-order chi connectivity index (χ1) is 8.99. The van der Waals surface area contributed by atoms with E-state index < -0.39 is 0 Å². The average Bonchev–Trinajstić information content (AvgIpc) is 2.53. The summed E-state index contributed by atoms with van der Waals surface area (Å²) in [6, 6.07) is 0.558. The van der Waals surface area contributed by atoms with Crippen LogP contribution >= 0.6 is 0 Å². The molecule has 0 spiro atoms. The third kappa shape index (κ3) is 3.37. The van der Waals surface area contributed by atoms with Crippen LogP contribution in [0.2, 0.25) is 0 Å². The number of rotatable bonds is 3. The van der Waals surface area contributed by atoms with Crippen LogP contribution in [0, 0.1) is 12.8 Å². The van der Waals surface area contributed by atoms with Crippen LogP contribution in [-0.2, 0) is 7.05 Å². The molecule has 1 saturated heterocycles. The highest BCUT2D eigenvalue weighted by Crippen LogP contribution is 2.31. The van der Waals surface area contributed by atoms with Crippen molar-refractivity contribution < 1.29 is 0 Å². The highest BCUT2D eigenvalue weighted by atomic mass is 15.3. The standard InChI is InChI=1S/C15H28N4/c1-11(2)9-19-8-6-5-7-14(16)15(19)13-10-18(4)17-12(13)3/h10-11,14-15H,5-9,16H2,1-4H3. The van der Waals surface area contributed by atoms with Gasteiger partial charge in [-0.2, -0.15) is 5.10 Å². The number of aromatic nitrogens is 2. The van der Waals surface area contributed by atoms with Gasteiger partial charge in [-0.3, -0.25) is 9.58 Å². The zero-order valence-corrected chi connectivity index (χ0v) is 12.8. The molecule has 0 radical (unpaired) electrons. The molecule has 1 aliphatic heterocycles. The molecule has 4 heteroatoms. The predicted octanol–water partition coefficient (Wildman–Crippen LogP) is 2.24. The molecular weight excluding hydrogens is 236 g/mol. The summed E-state index contributed by atoms with van der Waals surface area (Å²) in [4.78, 5) is 2.58. The minimum Gasteiger partial charge on any atom is -0.326 e. The van der Waals surface area contributed by atoms with E-state index in [1.807, 2.05) is 11.7 Å². The monoisotopic (exact) mass is 264 g/mol. The predicted molar refractivity (Wildman–Crippen MR) is 78.9 cm³/mol. The van der Waals surface area contributed by atoms with Gasteiger partial charge in [0, 0.05) is 31.4 Å².